The van der Waals surface area contributed by atoms with E-state index in [2.05, 4.69) is 15.1 Å². The van der Waals surface area contributed by atoms with E-state index in [1.54, 1.807) is 11.3 Å². The maximum atomic E-state index is 10.6. The molecule has 1 fully saturated rings. The fraction of sp³-hybridized carbons (Fsp3) is 0.727. The SMILES string of the molecule is Cc1nnc(N2CCCC(CCC(=O)O)C2)s1. The molecule has 1 unspecified atom stereocenters. The summed E-state index contributed by atoms with van der Waals surface area (Å²) in [5.41, 5.74) is 0. The van der Waals surface area contributed by atoms with Crippen molar-refractivity contribution in [2.24, 2.45) is 5.92 Å². The zero-order valence-electron chi connectivity index (χ0n) is 9.93. The lowest BCUT2D eigenvalue weighted by atomic mass is 9.94. The summed E-state index contributed by atoms with van der Waals surface area (Å²) in [6.45, 7) is 3.88. The Morgan fingerprint density at radius 2 is 2.41 bits per heavy atom. The lowest BCUT2D eigenvalue weighted by molar-refractivity contribution is -0.137. The molecule has 2 rings (SSSR count). The van der Waals surface area contributed by atoms with E-state index < -0.39 is 5.97 Å². The molecule has 1 saturated heterocycles. The largest absolute Gasteiger partial charge is 0.481 e. The standard InChI is InChI=1S/C11H17N3O2S/c1-8-12-13-11(17-8)14-6-2-3-9(7-14)4-5-10(15)16/h9H,2-7H2,1H3,(H,15,16). The fourth-order valence-corrected chi connectivity index (χ4v) is 2.94. The molecule has 0 radical (unpaired) electrons. The molecule has 0 amide bonds. The molecule has 5 nitrogen and oxygen atoms in total. The van der Waals surface area contributed by atoms with Crippen LogP contribution >= 0.6 is 11.3 Å². The molecule has 1 aliphatic rings. The summed E-state index contributed by atoms with van der Waals surface area (Å²) < 4.78 is 0. The number of hydrogen-bond acceptors (Lipinski definition) is 5. The average molecular weight is 255 g/mol. The number of nitrogens with zero attached hydrogens (tertiary/aromatic N) is 3. The quantitative estimate of drug-likeness (QED) is 0.890. The Bertz CT molecular complexity index is 394. The number of carbonyl (C=O) groups is 1. The molecule has 17 heavy (non-hydrogen) atoms. The highest BCUT2D eigenvalue weighted by Gasteiger charge is 2.22. The summed E-state index contributed by atoms with van der Waals surface area (Å²) in [5, 5.41) is 18.8. The Hall–Kier alpha value is -1.17. The van der Waals surface area contributed by atoms with Crippen LogP contribution in [0.15, 0.2) is 0 Å². The molecule has 1 aromatic heterocycles. The minimum Gasteiger partial charge on any atom is -0.481 e. The van der Waals surface area contributed by atoms with Crippen LogP contribution in [0.5, 0.6) is 0 Å². The molecule has 1 atom stereocenters. The predicted molar refractivity (Wildman–Crippen MR) is 66.5 cm³/mol. The van der Waals surface area contributed by atoms with E-state index in [1.165, 1.54) is 0 Å². The van der Waals surface area contributed by atoms with Crippen molar-refractivity contribution in [3.05, 3.63) is 5.01 Å². The Morgan fingerprint density at radius 3 is 3.06 bits per heavy atom. The zero-order chi connectivity index (χ0) is 12.3. The van der Waals surface area contributed by atoms with Gasteiger partial charge in [0.1, 0.15) is 5.01 Å². The second kappa shape index (κ2) is 5.44. The number of carboxylic acids is 1. The van der Waals surface area contributed by atoms with Gasteiger partial charge >= 0.3 is 5.97 Å². The third-order valence-corrected chi connectivity index (χ3v) is 3.97. The van der Waals surface area contributed by atoms with Gasteiger partial charge in [-0.15, -0.1) is 10.2 Å². The first-order chi connectivity index (χ1) is 8.15. The third kappa shape index (κ3) is 3.39. The summed E-state index contributed by atoms with van der Waals surface area (Å²) in [6.07, 6.45) is 3.28. The van der Waals surface area contributed by atoms with Crippen molar-refractivity contribution in [2.75, 3.05) is 18.0 Å². The van der Waals surface area contributed by atoms with Gasteiger partial charge in [-0.2, -0.15) is 0 Å². The second-order valence-electron chi connectivity index (χ2n) is 4.49. The van der Waals surface area contributed by atoms with E-state index >= 15 is 0 Å². The van der Waals surface area contributed by atoms with Crippen LogP contribution in [0.2, 0.25) is 0 Å². The maximum absolute atomic E-state index is 10.6. The lowest BCUT2D eigenvalue weighted by Crippen LogP contribution is -2.35. The van der Waals surface area contributed by atoms with Gasteiger partial charge in [0.05, 0.1) is 0 Å². The zero-order valence-corrected chi connectivity index (χ0v) is 10.7. The highest BCUT2D eigenvalue weighted by Crippen LogP contribution is 2.27. The number of aryl methyl sites for hydroxylation is 1. The molecule has 1 aliphatic heterocycles. The normalized spacial score (nSPS) is 20.5. The maximum Gasteiger partial charge on any atom is 0.303 e. The number of piperidine rings is 1. The lowest BCUT2D eigenvalue weighted by Gasteiger charge is -2.31. The van der Waals surface area contributed by atoms with Crippen LogP contribution in [0.1, 0.15) is 30.7 Å². The monoisotopic (exact) mass is 255 g/mol. The highest BCUT2D eigenvalue weighted by molar-refractivity contribution is 7.15. The number of aromatic nitrogens is 2. The van der Waals surface area contributed by atoms with E-state index in [9.17, 15) is 4.79 Å². The molecule has 6 heteroatoms. The van der Waals surface area contributed by atoms with Crippen LogP contribution in [-0.2, 0) is 4.79 Å². The number of aliphatic carboxylic acids is 1. The van der Waals surface area contributed by atoms with Crippen LogP contribution in [-0.4, -0.2) is 34.4 Å². The van der Waals surface area contributed by atoms with Crippen LogP contribution < -0.4 is 4.90 Å². The van der Waals surface area contributed by atoms with Gasteiger partial charge in [0.15, 0.2) is 0 Å². The summed E-state index contributed by atoms with van der Waals surface area (Å²) >= 11 is 1.61. The first-order valence-corrected chi connectivity index (χ1v) is 6.73. The van der Waals surface area contributed by atoms with Crippen molar-refractivity contribution >= 4 is 22.4 Å². The Morgan fingerprint density at radius 1 is 1.59 bits per heavy atom. The molecule has 0 aromatic carbocycles. The van der Waals surface area contributed by atoms with Crippen molar-refractivity contribution < 1.29 is 9.90 Å². The Labute approximate surface area is 104 Å². The third-order valence-electron chi connectivity index (χ3n) is 3.07. The van der Waals surface area contributed by atoms with Crippen molar-refractivity contribution in [1.82, 2.24) is 10.2 Å². The molecule has 1 aromatic rings. The number of anilines is 1. The molecule has 94 valence electrons. The van der Waals surface area contributed by atoms with E-state index in [0.717, 1.165) is 42.5 Å². The predicted octanol–water partition coefficient (Wildman–Crippen LogP) is 1.93. The van der Waals surface area contributed by atoms with E-state index in [4.69, 9.17) is 5.11 Å². The molecule has 0 spiro atoms. The fourth-order valence-electron chi connectivity index (χ4n) is 2.22. The molecular weight excluding hydrogens is 238 g/mol. The molecule has 0 bridgehead atoms. The van der Waals surface area contributed by atoms with Crippen molar-refractivity contribution in [3.8, 4) is 0 Å². The van der Waals surface area contributed by atoms with Gasteiger partial charge < -0.3 is 10.0 Å². The van der Waals surface area contributed by atoms with Crippen LogP contribution in [0.3, 0.4) is 0 Å². The van der Waals surface area contributed by atoms with Crippen LogP contribution in [0.4, 0.5) is 5.13 Å². The molecule has 2 heterocycles. The summed E-state index contributed by atoms with van der Waals surface area (Å²) in [6, 6.07) is 0. The topological polar surface area (TPSA) is 66.3 Å². The van der Waals surface area contributed by atoms with Gasteiger partial charge in [0.25, 0.3) is 0 Å². The van der Waals surface area contributed by atoms with Crippen LogP contribution in [0.25, 0.3) is 0 Å². The Balaban J connectivity index is 1.90. The van der Waals surface area contributed by atoms with E-state index in [-0.39, 0.29) is 6.42 Å². The summed E-state index contributed by atoms with van der Waals surface area (Å²) in [5.74, 6) is -0.224. The van der Waals surface area contributed by atoms with E-state index in [0.29, 0.717) is 5.92 Å². The smallest absolute Gasteiger partial charge is 0.303 e. The van der Waals surface area contributed by atoms with Gasteiger partial charge in [-0.25, -0.2) is 0 Å². The first kappa shape index (κ1) is 12.3. The van der Waals surface area contributed by atoms with Gasteiger partial charge in [0, 0.05) is 19.5 Å². The minimum absolute atomic E-state index is 0.271. The van der Waals surface area contributed by atoms with Gasteiger partial charge in [-0.05, 0) is 32.1 Å². The molecule has 0 aliphatic carbocycles. The second-order valence-corrected chi connectivity index (χ2v) is 5.65. The molecular formula is C11H17N3O2S. The number of hydrogen-bond donors (Lipinski definition) is 1. The van der Waals surface area contributed by atoms with Gasteiger partial charge in [-0.3, -0.25) is 4.79 Å². The van der Waals surface area contributed by atoms with Crippen molar-refractivity contribution in [1.29, 1.82) is 0 Å². The first-order valence-electron chi connectivity index (χ1n) is 5.92. The molecule has 1 N–H and O–H groups in total. The van der Waals surface area contributed by atoms with Crippen molar-refractivity contribution in [3.63, 3.8) is 0 Å². The van der Waals surface area contributed by atoms with Crippen LogP contribution in [0, 0.1) is 12.8 Å². The number of rotatable bonds is 4. The highest BCUT2D eigenvalue weighted by atomic mass is 32.1. The summed E-state index contributed by atoms with van der Waals surface area (Å²) in [4.78, 5) is 12.8. The van der Waals surface area contributed by atoms with Gasteiger partial charge in [0.2, 0.25) is 5.13 Å². The number of carboxylic acid groups (broad SMARTS) is 1. The molecule has 0 saturated carbocycles. The van der Waals surface area contributed by atoms with Crippen molar-refractivity contribution in [2.45, 2.75) is 32.6 Å². The Kier molecular flexibility index (Phi) is 3.93. The average Bonchev–Trinajstić information content (AvgIpc) is 2.74. The van der Waals surface area contributed by atoms with Gasteiger partial charge in [-0.1, -0.05) is 11.3 Å². The van der Waals surface area contributed by atoms with E-state index in [1.807, 2.05) is 6.92 Å². The minimum atomic E-state index is -0.700. The summed E-state index contributed by atoms with van der Waals surface area (Å²) in [7, 11) is 0.